The third kappa shape index (κ3) is 2.75. The monoisotopic (exact) mass is 307 g/mol. The lowest BCUT2D eigenvalue weighted by atomic mass is 10.5. The molecule has 3 aromatic heterocycles. The second-order valence-corrected chi connectivity index (χ2v) is 6.36. The van der Waals surface area contributed by atoms with Crippen molar-refractivity contribution in [1.82, 2.24) is 25.4 Å². The SMILES string of the molecule is CCc1nc(S[C@@H](C)c2nnc(-c3cccs3)o2)n[nH]1. The first-order valence-electron chi connectivity index (χ1n) is 6.21. The van der Waals surface area contributed by atoms with Crippen LogP contribution in [0.5, 0.6) is 0 Å². The van der Waals surface area contributed by atoms with Gasteiger partial charge in [-0.05, 0) is 18.4 Å². The summed E-state index contributed by atoms with van der Waals surface area (Å²) in [4.78, 5) is 5.34. The molecule has 0 saturated carbocycles. The normalized spacial score (nSPS) is 12.7. The second-order valence-electron chi connectivity index (χ2n) is 4.10. The first-order chi connectivity index (χ1) is 9.76. The molecular formula is C12H13N5OS2. The zero-order valence-corrected chi connectivity index (χ0v) is 12.7. The topological polar surface area (TPSA) is 80.5 Å². The van der Waals surface area contributed by atoms with Gasteiger partial charge in [0.1, 0.15) is 5.82 Å². The molecule has 0 fully saturated rings. The molecule has 0 bridgehead atoms. The molecule has 0 aliphatic rings. The van der Waals surface area contributed by atoms with Crippen LogP contribution in [0.4, 0.5) is 0 Å². The number of rotatable bonds is 5. The zero-order valence-electron chi connectivity index (χ0n) is 11.0. The van der Waals surface area contributed by atoms with Crippen molar-refractivity contribution in [3.05, 3.63) is 29.2 Å². The molecule has 0 aromatic carbocycles. The van der Waals surface area contributed by atoms with Gasteiger partial charge in [-0.1, -0.05) is 24.8 Å². The fourth-order valence-corrected chi connectivity index (χ4v) is 3.01. The number of thiophene rings is 1. The van der Waals surface area contributed by atoms with Crippen LogP contribution in [0.3, 0.4) is 0 Å². The predicted molar refractivity (Wildman–Crippen MR) is 77.6 cm³/mol. The van der Waals surface area contributed by atoms with Crippen LogP contribution in [-0.2, 0) is 6.42 Å². The Morgan fingerprint density at radius 2 is 2.35 bits per heavy atom. The molecule has 1 atom stereocenters. The molecule has 0 amide bonds. The highest BCUT2D eigenvalue weighted by Gasteiger charge is 2.18. The van der Waals surface area contributed by atoms with Gasteiger partial charge in [0.2, 0.25) is 11.0 Å². The summed E-state index contributed by atoms with van der Waals surface area (Å²) >= 11 is 3.08. The number of thioether (sulfide) groups is 1. The van der Waals surface area contributed by atoms with Gasteiger partial charge in [-0.25, -0.2) is 4.98 Å². The van der Waals surface area contributed by atoms with E-state index in [0.29, 0.717) is 16.9 Å². The van der Waals surface area contributed by atoms with Gasteiger partial charge >= 0.3 is 0 Å². The van der Waals surface area contributed by atoms with Gasteiger partial charge in [0.25, 0.3) is 5.89 Å². The minimum atomic E-state index is 0.0109. The average Bonchev–Trinajstić information content (AvgIpc) is 3.19. The quantitative estimate of drug-likeness (QED) is 0.728. The van der Waals surface area contributed by atoms with Crippen LogP contribution in [0, 0.1) is 0 Å². The van der Waals surface area contributed by atoms with Crippen LogP contribution in [0.15, 0.2) is 27.1 Å². The van der Waals surface area contributed by atoms with Crippen LogP contribution < -0.4 is 0 Å². The summed E-state index contributed by atoms with van der Waals surface area (Å²) in [5.41, 5.74) is 0. The molecule has 0 saturated heterocycles. The molecule has 104 valence electrons. The number of aromatic nitrogens is 5. The summed E-state index contributed by atoms with van der Waals surface area (Å²) < 4.78 is 5.70. The zero-order chi connectivity index (χ0) is 13.9. The lowest BCUT2D eigenvalue weighted by Crippen LogP contribution is -1.89. The number of nitrogens with one attached hydrogen (secondary N) is 1. The number of nitrogens with zero attached hydrogens (tertiary/aromatic N) is 4. The summed E-state index contributed by atoms with van der Waals surface area (Å²) in [5, 5.41) is 17.9. The Hall–Kier alpha value is -1.67. The van der Waals surface area contributed by atoms with Crippen molar-refractivity contribution in [3.63, 3.8) is 0 Å². The van der Waals surface area contributed by atoms with Crippen LogP contribution in [-0.4, -0.2) is 25.4 Å². The maximum absolute atomic E-state index is 5.70. The third-order valence-electron chi connectivity index (χ3n) is 2.65. The molecule has 0 unspecified atom stereocenters. The molecule has 20 heavy (non-hydrogen) atoms. The lowest BCUT2D eigenvalue weighted by molar-refractivity contribution is 0.510. The van der Waals surface area contributed by atoms with Crippen LogP contribution >= 0.6 is 23.1 Å². The highest BCUT2D eigenvalue weighted by atomic mass is 32.2. The van der Waals surface area contributed by atoms with E-state index in [0.717, 1.165) is 17.1 Å². The van der Waals surface area contributed by atoms with E-state index in [4.69, 9.17) is 4.42 Å². The maximum atomic E-state index is 5.70. The Bertz CT molecular complexity index is 676. The minimum absolute atomic E-state index is 0.0109. The molecule has 1 N–H and O–H groups in total. The van der Waals surface area contributed by atoms with Crippen molar-refractivity contribution >= 4 is 23.1 Å². The molecule has 6 nitrogen and oxygen atoms in total. The summed E-state index contributed by atoms with van der Waals surface area (Å²) in [5.74, 6) is 2.03. The van der Waals surface area contributed by atoms with Gasteiger partial charge in [-0.15, -0.1) is 26.6 Å². The summed E-state index contributed by atoms with van der Waals surface area (Å²) in [6, 6.07) is 3.92. The van der Waals surface area contributed by atoms with Crippen molar-refractivity contribution in [2.45, 2.75) is 30.7 Å². The van der Waals surface area contributed by atoms with Gasteiger partial charge < -0.3 is 4.42 Å². The molecule has 8 heteroatoms. The van der Waals surface area contributed by atoms with E-state index in [9.17, 15) is 0 Å². The first kappa shape index (κ1) is 13.3. The number of hydrogen-bond donors (Lipinski definition) is 1. The largest absolute Gasteiger partial charge is 0.419 e. The Morgan fingerprint density at radius 3 is 3.05 bits per heavy atom. The Kier molecular flexibility index (Phi) is 3.83. The standard InChI is InChI=1S/C12H13N5OS2/c1-3-9-13-12(17-14-9)20-7(2)10-15-16-11(18-10)8-5-4-6-19-8/h4-7H,3H2,1-2H3,(H,13,14,17)/t7-/m0/s1. The molecule has 0 spiro atoms. The summed E-state index contributed by atoms with van der Waals surface area (Å²) in [6.07, 6.45) is 0.838. The van der Waals surface area contributed by atoms with E-state index in [1.807, 2.05) is 31.4 Å². The van der Waals surface area contributed by atoms with E-state index >= 15 is 0 Å². The van der Waals surface area contributed by atoms with E-state index in [1.54, 1.807) is 11.3 Å². The Morgan fingerprint density at radius 1 is 1.45 bits per heavy atom. The van der Waals surface area contributed by atoms with Gasteiger partial charge in [0, 0.05) is 6.42 Å². The summed E-state index contributed by atoms with van der Waals surface area (Å²) in [7, 11) is 0. The molecule has 0 radical (unpaired) electrons. The van der Waals surface area contributed by atoms with Crippen molar-refractivity contribution in [2.75, 3.05) is 0 Å². The minimum Gasteiger partial charge on any atom is -0.419 e. The van der Waals surface area contributed by atoms with Crippen molar-refractivity contribution in [3.8, 4) is 10.8 Å². The number of H-pyrrole nitrogens is 1. The van der Waals surface area contributed by atoms with E-state index < -0.39 is 0 Å². The van der Waals surface area contributed by atoms with Gasteiger partial charge in [0.05, 0.1) is 10.1 Å². The highest BCUT2D eigenvalue weighted by Crippen LogP contribution is 2.33. The van der Waals surface area contributed by atoms with Gasteiger partial charge in [-0.2, -0.15) is 0 Å². The van der Waals surface area contributed by atoms with E-state index in [-0.39, 0.29) is 5.25 Å². The van der Waals surface area contributed by atoms with Gasteiger partial charge in [0.15, 0.2) is 0 Å². The van der Waals surface area contributed by atoms with E-state index in [2.05, 4.69) is 25.4 Å². The number of aryl methyl sites for hydroxylation is 1. The molecule has 0 aliphatic heterocycles. The highest BCUT2D eigenvalue weighted by molar-refractivity contribution is 7.99. The molecule has 3 aromatic rings. The number of aromatic amines is 1. The predicted octanol–water partition coefficient (Wildman–Crippen LogP) is 3.33. The van der Waals surface area contributed by atoms with Crippen LogP contribution in [0.25, 0.3) is 10.8 Å². The lowest BCUT2D eigenvalue weighted by Gasteiger charge is -2.01. The van der Waals surface area contributed by atoms with Crippen molar-refractivity contribution in [2.24, 2.45) is 0 Å². The third-order valence-corrected chi connectivity index (χ3v) is 4.46. The molecular weight excluding hydrogens is 294 g/mol. The van der Waals surface area contributed by atoms with Crippen molar-refractivity contribution in [1.29, 1.82) is 0 Å². The van der Waals surface area contributed by atoms with E-state index in [1.165, 1.54) is 11.8 Å². The Balaban J connectivity index is 1.72. The molecule has 3 heterocycles. The van der Waals surface area contributed by atoms with Crippen molar-refractivity contribution < 1.29 is 4.42 Å². The van der Waals surface area contributed by atoms with Crippen LogP contribution in [0.1, 0.15) is 30.8 Å². The first-order valence-corrected chi connectivity index (χ1v) is 7.97. The van der Waals surface area contributed by atoms with Gasteiger partial charge in [-0.3, -0.25) is 5.10 Å². The molecule has 3 rings (SSSR count). The number of hydrogen-bond acceptors (Lipinski definition) is 7. The smallest absolute Gasteiger partial charge is 0.257 e. The maximum Gasteiger partial charge on any atom is 0.257 e. The second kappa shape index (κ2) is 5.76. The van der Waals surface area contributed by atoms with Crippen LogP contribution in [0.2, 0.25) is 0 Å². The fourth-order valence-electron chi connectivity index (χ4n) is 1.60. The summed E-state index contributed by atoms with van der Waals surface area (Å²) in [6.45, 7) is 4.03. The average molecular weight is 307 g/mol. The molecule has 0 aliphatic carbocycles. The fraction of sp³-hybridized carbons (Fsp3) is 0.333. The Labute approximate surface area is 124 Å².